The maximum Gasteiger partial charge on any atom is 0.0658 e. The van der Waals surface area contributed by atoms with Gasteiger partial charge in [-0.05, 0) is 75.5 Å². The molecular weight excluding hydrogens is 274 g/mol. The van der Waals surface area contributed by atoms with E-state index in [-0.39, 0.29) is 17.4 Å². The number of aliphatic hydroxyl groups is 2. The van der Waals surface area contributed by atoms with E-state index in [9.17, 15) is 15.5 Å². The molecule has 0 heterocycles. The van der Waals surface area contributed by atoms with E-state index in [1.54, 1.807) is 0 Å². The minimum absolute atomic E-state index is 0.00562. The predicted molar refractivity (Wildman–Crippen MR) is 88.0 cm³/mol. The maximum atomic E-state index is 10.4. The predicted octanol–water partition coefficient (Wildman–Crippen LogP) is 3.89. The number of nitrogens with zero attached hydrogens (tertiary/aromatic N) is 1. The molecule has 0 spiro atoms. The van der Waals surface area contributed by atoms with Crippen molar-refractivity contribution in [3.63, 3.8) is 0 Å². The summed E-state index contributed by atoms with van der Waals surface area (Å²) in [5.74, 6) is 1.29. The molecule has 6 atom stereocenters. The maximum absolute atomic E-state index is 10.4. The normalized spacial score (nSPS) is 38.1. The molecule has 2 aliphatic carbocycles. The van der Waals surface area contributed by atoms with E-state index in [0.717, 1.165) is 32.1 Å². The van der Waals surface area contributed by atoms with Crippen LogP contribution in [0.3, 0.4) is 0 Å². The summed E-state index contributed by atoms with van der Waals surface area (Å²) in [6, 6.07) is 2.50. The van der Waals surface area contributed by atoms with Crippen LogP contribution in [0.2, 0.25) is 0 Å². The molecule has 0 aliphatic heterocycles. The zero-order chi connectivity index (χ0) is 16.5. The average Bonchev–Trinajstić information content (AvgIpc) is 2.76. The van der Waals surface area contributed by atoms with Gasteiger partial charge in [0.2, 0.25) is 0 Å². The van der Waals surface area contributed by atoms with E-state index in [2.05, 4.69) is 19.9 Å². The van der Waals surface area contributed by atoms with E-state index in [1.165, 1.54) is 6.42 Å². The van der Waals surface area contributed by atoms with Crippen molar-refractivity contribution >= 4 is 0 Å². The minimum atomic E-state index is -0.696. The topological polar surface area (TPSA) is 64.2 Å². The lowest BCUT2D eigenvalue weighted by Crippen LogP contribution is -2.42. The Morgan fingerprint density at radius 1 is 1.32 bits per heavy atom. The van der Waals surface area contributed by atoms with Crippen molar-refractivity contribution < 1.29 is 10.2 Å². The van der Waals surface area contributed by atoms with Gasteiger partial charge in [0.25, 0.3) is 0 Å². The van der Waals surface area contributed by atoms with Crippen LogP contribution in [0.5, 0.6) is 0 Å². The zero-order valence-electron chi connectivity index (χ0n) is 14.7. The molecule has 0 aromatic rings. The average molecular weight is 307 g/mol. The van der Waals surface area contributed by atoms with Crippen LogP contribution in [0.1, 0.15) is 72.6 Å². The highest BCUT2D eigenvalue weighted by Gasteiger charge is 2.53. The summed E-state index contributed by atoms with van der Waals surface area (Å²) in [7, 11) is 0. The Balaban J connectivity index is 2.08. The molecular formula is C19H33NO2. The van der Waals surface area contributed by atoms with E-state index in [0.29, 0.717) is 24.2 Å². The van der Waals surface area contributed by atoms with Gasteiger partial charge < -0.3 is 10.2 Å². The van der Waals surface area contributed by atoms with Gasteiger partial charge in [-0.3, -0.25) is 0 Å². The second kappa shape index (κ2) is 6.49. The number of fused-ring (bicyclic) bond motifs is 1. The van der Waals surface area contributed by atoms with Gasteiger partial charge in [-0.25, -0.2) is 0 Å². The van der Waals surface area contributed by atoms with E-state index in [4.69, 9.17) is 0 Å². The number of nitriles is 1. The largest absolute Gasteiger partial charge is 0.393 e. The Morgan fingerprint density at radius 3 is 2.59 bits per heavy atom. The highest BCUT2D eigenvalue weighted by molar-refractivity contribution is 5.04. The van der Waals surface area contributed by atoms with Gasteiger partial charge in [-0.1, -0.05) is 20.3 Å². The van der Waals surface area contributed by atoms with Crippen LogP contribution in [-0.2, 0) is 0 Å². The molecule has 0 aromatic heterocycles. The fraction of sp³-hybridized carbons (Fsp3) is 0.947. The summed E-state index contributed by atoms with van der Waals surface area (Å²) in [6.45, 7) is 8.20. The number of rotatable bonds is 5. The standard InChI is InChI=1S/C19H33NO2/c1-13(14(12-20)9-11-18(2,3)22)15-7-8-16-17(21)6-5-10-19(15,16)4/h13-17,21-22H,5-11H2,1-4H3/t13-,14?,15?,16?,17-,19+/m0/s1. The second-order valence-electron chi connectivity index (χ2n) is 8.70. The lowest BCUT2D eigenvalue weighted by Gasteiger charge is -2.46. The minimum Gasteiger partial charge on any atom is -0.393 e. The summed E-state index contributed by atoms with van der Waals surface area (Å²) in [4.78, 5) is 0. The highest BCUT2D eigenvalue weighted by atomic mass is 16.3. The van der Waals surface area contributed by atoms with Crippen LogP contribution < -0.4 is 0 Å². The van der Waals surface area contributed by atoms with Crippen molar-refractivity contribution in [3.05, 3.63) is 0 Å². The Morgan fingerprint density at radius 2 is 2.00 bits per heavy atom. The van der Waals surface area contributed by atoms with Crippen LogP contribution in [-0.4, -0.2) is 21.9 Å². The van der Waals surface area contributed by atoms with Crippen LogP contribution in [0, 0.1) is 40.4 Å². The summed E-state index contributed by atoms with van der Waals surface area (Å²) in [6.07, 6.45) is 6.78. The van der Waals surface area contributed by atoms with Gasteiger partial charge in [0.05, 0.1) is 17.8 Å². The Kier molecular flexibility index (Phi) is 5.24. The third kappa shape index (κ3) is 3.49. The summed E-state index contributed by atoms with van der Waals surface area (Å²) < 4.78 is 0. The molecule has 0 radical (unpaired) electrons. The first kappa shape index (κ1) is 17.8. The third-order valence-corrected chi connectivity index (χ3v) is 6.66. The van der Waals surface area contributed by atoms with Gasteiger partial charge in [-0.15, -0.1) is 0 Å². The van der Waals surface area contributed by atoms with Crippen molar-refractivity contribution in [2.45, 2.75) is 84.3 Å². The van der Waals surface area contributed by atoms with Crippen LogP contribution in [0.25, 0.3) is 0 Å². The Bertz CT molecular complexity index is 422. The highest BCUT2D eigenvalue weighted by Crippen LogP contribution is 2.58. The summed E-state index contributed by atoms with van der Waals surface area (Å²) in [5, 5.41) is 29.9. The molecule has 22 heavy (non-hydrogen) atoms. The van der Waals surface area contributed by atoms with Gasteiger partial charge in [-0.2, -0.15) is 5.26 Å². The molecule has 0 aromatic carbocycles. The number of aliphatic hydroxyl groups excluding tert-OH is 1. The molecule has 3 nitrogen and oxygen atoms in total. The van der Waals surface area contributed by atoms with Crippen molar-refractivity contribution in [2.24, 2.45) is 29.1 Å². The van der Waals surface area contributed by atoms with Gasteiger partial charge >= 0.3 is 0 Å². The van der Waals surface area contributed by atoms with Gasteiger partial charge in [0.15, 0.2) is 0 Å². The SMILES string of the molecule is C[C@@H](C(C#N)CCC(C)(C)O)C1CCC2[C@@H](O)CCC[C@]12C. The lowest BCUT2D eigenvalue weighted by molar-refractivity contribution is -0.0317. The molecule has 2 rings (SSSR count). The first-order valence-electron chi connectivity index (χ1n) is 8.99. The van der Waals surface area contributed by atoms with E-state index < -0.39 is 5.60 Å². The molecule has 126 valence electrons. The van der Waals surface area contributed by atoms with Gasteiger partial charge in [0, 0.05) is 5.92 Å². The molecule has 2 fully saturated rings. The van der Waals surface area contributed by atoms with Crippen LogP contribution >= 0.6 is 0 Å². The molecule has 0 saturated heterocycles. The van der Waals surface area contributed by atoms with Crippen molar-refractivity contribution in [1.29, 1.82) is 5.26 Å². The second-order valence-corrected chi connectivity index (χ2v) is 8.70. The molecule has 2 aliphatic rings. The van der Waals surface area contributed by atoms with E-state index in [1.807, 2.05) is 13.8 Å². The Labute approximate surface area is 135 Å². The molecule has 3 heteroatoms. The van der Waals surface area contributed by atoms with E-state index >= 15 is 0 Å². The zero-order valence-corrected chi connectivity index (χ0v) is 14.7. The van der Waals surface area contributed by atoms with Crippen molar-refractivity contribution in [1.82, 2.24) is 0 Å². The number of hydrogen-bond acceptors (Lipinski definition) is 3. The van der Waals surface area contributed by atoms with Crippen molar-refractivity contribution in [2.75, 3.05) is 0 Å². The lowest BCUT2D eigenvalue weighted by atomic mass is 9.60. The van der Waals surface area contributed by atoms with Crippen LogP contribution in [0.15, 0.2) is 0 Å². The first-order valence-corrected chi connectivity index (χ1v) is 8.99. The molecule has 3 unspecified atom stereocenters. The monoisotopic (exact) mass is 307 g/mol. The fourth-order valence-electron chi connectivity index (χ4n) is 5.29. The summed E-state index contributed by atoms with van der Waals surface area (Å²) in [5.41, 5.74) is -0.501. The molecule has 0 bridgehead atoms. The molecule has 2 N–H and O–H groups in total. The fourth-order valence-corrected chi connectivity index (χ4v) is 5.29. The molecule has 0 amide bonds. The van der Waals surface area contributed by atoms with Crippen LogP contribution in [0.4, 0.5) is 0 Å². The smallest absolute Gasteiger partial charge is 0.0658 e. The first-order chi connectivity index (χ1) is 10.2. The Hall–Kier alpha value is -0.590. The quantitative estimate of drug-likeness (QED) is 0.810. The number of hydrogen-bond donors (Lipinski definition) is 2. The molecule has 2 saturated carbocycles. The van der Waals surface area contributed by atoms with Gasteiger partial charge in [0.1, 0.15) is 0 Å². The third-order valence-electron chi connectivity index (χ3n) is 6.66. The summed E-state index contributed by atoms with van der Waals surface area (Å²) >= 11 is 0. The van der Waals surface area contributed by atoms with Crippen molar-refractivity contribution in [3.8, 4) is 6.07 Å².